The van der Waals surface area contributed by atoms with E-state index < -0.39 is 17.8 Å². The van der Waals surface area contributed by atoms with Crippen molar-refractivity contribution in [1.29, 1.82) is 0 Å². The van der Waals surface area contributed by atoms with Gasteiger partial charge in [-0.05, 0) is 44.9 Å². The summed E-state index contributed by atoms with van der Waals surface area (Å²) in [4.78, 5) is 23.4. The van der Waals surface area contributed by atoms with E-state index in [-0.39, 0.29) is 35.5 Å². The van der Waals surface area contributed by atoms with E-state index in [1.165, 1.54) is 89.9 Å². The molecule has 0 spiro atoms. The average molecular weight is 473 g/mol. The van der Waals surface area contributed by atoms with Gasteiger partial charge in [0.25, 0.3) is 0 Å². The minimum absolute atomic E-state index is 0. The molecule has 1 aliphatic rings. The van der Waals surface area contributed by atoms with Crippen molar-refractivity contribution in [3.05, 3.63) is 12.2 Å². The van der Waals surface area contributed by atoms with Crippen molar-refractivity contribution in [2.24, 2.45) is 11.8 Å². The molecule has 4 nitrogen and oxygen atoms in total. The van der Waals surface area contributed by atoms with Gasteiger partial charge in [-0.15, -0.1) is 0 Å². The van der Waals surface area contributed by atoms with Gasteiger partial charge in [0.15, 0.2) is 0 Å². The number of aliphatic carboxylic acids is 1. The summed E-state index contributed by atoms with van der Waals surface area (Å²) in [5.74, 6) is -2.59. The monoisotopic (exact) mass is 472 g/mol. The number of hydrogen-bond acceptors (Lipinski definition) is 4. The van der Waals surface area contributed by atoms with Gasteiger partial charge in [-0.1, -0.05) is 103 Å². The van der Waals surface area contributed by atoms with Crippen LogP contribution in [0.3, 0.4) is 0 Å². The molecule has 0 aromatic carbocycles. The van der Waals surface area contributed by atoms with Crippen LogP contribution in [0.4, 0.5) is 0 Å². The van der Waals surface area contributed by atoms with E-state index in [1.807, 2.05) is 0 Å². The fourth-order valence-electron chi connectivity index (χ4n) is 4.68. The molecule has 1 aliphatic carbocycles. The number of allylic oxidation sites excluding steroid dienone is 2. The van der Waals surface area contributed by atoms with Gasteiger partial charge >= 0.3 is 35.5 Å². The molecule has 2 unspecified atom stereocenters. The number of carbonyl (C=O) groups is 2. The first-order chi connectivity index (χ1) is 15.7. The smallest absolute Gasteiger partial charge is 0.550 e. The molecule has 0 aromatic rings. The van der Waals surface area contributed by atoms with E-state index in [9.17, 15) is 14.7 Å². The number of esters is 1. The predicted molar refractivity (Wildman–Crippen MR) is 130 cm³/mol. The quantitative estimate of drug-likeness (QED) is 0.117. The fraction of sp³-hybridized carbons (Fsp3) is 0.857. The van der Waals surface area contributed by atoms with Crippen LogP contribution in [0.15, 0.2) is 12.2 Å². The summed E-state index contributed by atoms with van der Waals surface area (Å²) in [6.45, 7) is 2.67. The van der Waals surface area contributed by atoms with Crippen LogP contribution in [0.1, 0.15) is 135 Å². The molecule has 0 saturated heterocycles. The minimum atomic E-state index is -1.10. The molecule has 0 bridgehead atoms. The molecule has 1 saturated carbocycles. The summed E-state index contributed by atoms with van der Waals surface area (Å²) in [5, 5.41) is 11.2. The molecule has 1 rings (SSSR count). The number of carbonyl (C=O) groups excluding carboxylic acids is 2. The third-order valence-corrected chi connectivity index (χ3v) is 6.77. The van der Waals surface area contributed by atoms with Crippen LogP contribution in [0, 0.1) is 11.8 Å². The van der Waals surface area contributed by atoms with Gasteiger partial charge < -0.3 is 14.6 Å². The summed E-state index contributed by atoms with van der Waals surface area (Å²) >= 11 is 0. The second-order valence-electron chi connectivity index (χ2n) is 9.63. The maximum atomic E-state index is 12.2. The van der Waals surface area contributed by atoms with Gasteiger partial charge in [0.2, 0.25) is 0 Å². The van der Waals surface area contributed by atoms with Gasteiger partial charge in [0.1, 0.15) is 0 Å². The number of hydrogen-bond donors (Lipinski definition) is 0. The molecule has 186 valence electrons. The third-order valence-electron chi connectivity index (χ3n) is 6.77. The minimum Gasteiger partial charge on any atom is -0.550 e. The molecule has 0 heterocycles. The Kier molecular flexibility index (Phi) is 23.2. The molecule has 0 aromatic heterocycles. The molecule has 0 aliphatic heterocycles. The number of rotatable bonds is 20. The Hall–Kier alpha value is -0.320. The number of carboxylic acids is 1. The SMILES string of the molecule is CCCCC/C=C/CCCCCCCCCCCCCOC(=O)C1CCCCC1C(=O)[O-].[Na+]. The molecular weight excluding hydrogens is 423 g/mol. The van der Waals surface area contributed by atoms with E-state index >= 15 is 0 Å². The summed E-state index contributed by atoms with van der Waals surface area (Å²) in [5.41, 5.74) is 0. The van der Waals surface area contributed by atoms with E-state index in [0.717, 1.165) is 25.7 Å². The summed E-state index contributed by atoms with van der Waals surface area (Å²) < 4.78 is 5.36. The normalized spacial score (nSPS) is 18.2. The van der Waals surface area contributed by atoms with Crippen LogP contribution < -0.4 is 34.7 Å². The summed E-state index contributed by atoms with van der Waals surface area (Å²) in [7, 11) is 0. The Morgan fingerprint density at radius 3 is 1.70 bits per heavy atom. The first kappa shape index (κ1) is 32.7. The molecule has 0 amide bonds. The Bertz CT molecular complexity index is 506. The van der Waals surface area contributed by atoms with Gasteiger partial charge in [0, 0.05) is 11.9 Å². The van der Waals surface area contributed by atoms with Gasteiger partial charge in [-0.2, -0.15) is 0 Å². The molecule has 5 heteroatoms. The second kappa shape index (κ2) is 23.4. The van der Waals surface area contributed by atoms with Crippen molar-refractivity contribution >= 4 is 11.9 Å². The molecule has 0 radical (unpaired) electrons. The summed E-state index contributed by atoms with van der Waals surface area (Å²) in [6.07, 6.45) is 28.0. The molecule has 0 N–H and O–H groups in total. The zero-order valence-corrected chi connectivity index (χ0v) is 23.8. The predicted octanol–water partition coefficient (Wildman–Crippen LogP) is 3.91. The van der Waals surface area contributed by atoms with Gasteiger partial charge in [0.05, 0.1) is 12.5 Å². The van der Waals surface area contributed by atoms with Crippen molar-refractivity contribution in [1.82, 2.24) is 0 Å². The van der Waals surface area contributed by atoms with Crippen molar-refractivity contribution in [3.63, 3.8) is 0 Å². The fourth-order valence-corrected chi connectivity index (χ4v) is 4.68. The van der Waals surface area contributed by atoms with E-state index in [0.29, 0.717) is 19.4 Å². The van der Waals surface area contributed by atoms with Crippen LogP contribution in [-0.4, -0.2) is 18.5 Å². The molecule has 33 heavy (non-hydrogen) atoms. The third kappa shape index (κ3) is 17.7. The zero-order chi connectivity index (χ0) is 23.3. The zero-order valence-electron chi connectivity index (χ0n) is 21.8. The maximum absolute atomic E-state index is 12.2. The number of unbranched alkanes of at least 4 members (excludes halogenated alkanes) is 14. The van der Waals surface area contributed by atoms with Crippen molar-refractivity contribution in [2.75, 3.05) is 6.61 Å². The van der Waals surface area contributed by atoms with Crippen LogP contribution in [0.2, 0.25) is 0 Å². The van der Waals surface area contributed by atoms with Gasteiger partial charge in [-0.3, -0.25) is 4.79 Å². The standard InChI is InChI=1S/C28H50O4.Na/c1-2-3-4-5-6-7-8-9-10-11-12-13-14-15-16-17-18-21-24-32-28(31)26-23-20-19-22-25(26)27(29)30;/h6-7,25-26H,2-5,8-24H2,1H3,(H,29,30);/q;+1/p-1/b7-6+;. The molecule has 1 fully saturated rings. The Morgan fingerprint density at radius 2 is 1.18 bits per heavy atom. The maximum Gasteiger partial charge on any atom is 1.00 e. The van der Waals surface area contributed by atoms with Crippen molar-refractivity contribution in [3.8, 4) is 0 Å². The average Bonchev–Trinajstić information content (AvgIpc) is 2.80. The topological polar surface area (TPSA) is 66.4 Å². The van der Waals surface area contributed by atoms with Crippen LogP contribution in [-0.2, 0) is 14.3 Å². The van der Waals surface area contributed by atoms with E-state index in [1.54, 1.807) is 0 Å². The molecular formula is C28H49NaO4. The Balaban J connectivity index is 0.0000102. The van der Waals surface area contributed by atoms with Gasteiger partial charge in [-0.25, -0.2) is 0 Å². The molecule has 2 atom stereocenters. The van der Waals surface area contributed by atoms with Crippen molar-refractivity contribution < 1.29 is 49.0 Å². The van der Waals surface area contributed by atoms with Crippen LogP contribution >= 0.6 is 0 Å². The van der Waals surface area contributed by atoms with Crippen molar-refractivity contribution in [2.45, 2.75) is 135 Å². The first-order valence-corrected chi connectivity index (χ1v) is 13.7. The Morgan fingerprint density at radius 1 is 0.727 bits per heavy atom. The first-order valence-electron chi connectivity index (χ1n) is 13.7. The number of ether oxygens (including phenoxy) is 1. The van der Waals surface area contributed by atoms with Crippen LogP contribution in [0.25, 0.3) is 0 Å². The van der Waals surface area contributed by atoms with E-state index in [4.69, 9.17) is 4.74 Å². The largest absolute Gasteiger partial charge is 1.00 e. The van der Waals surface area contributed by atoms with E-state index in [2.05, 4.69) is 19.1 Å². The second-order valence-corrected chi connectivity index (χ2v) is 9.63. The number of carboxylic acid groups (broad SMARTS) is 1. The van der Waals surface area contributed by atoms with Crippen LogP contribution in [0.5, 0.6) is 0 Å². The summed E-state index contributed by atoms with van der Waals surface area (Å²) in [6, 6.07) is 0. The Labute approximate surface area is 226 Å².